The van der Waals surface area contributed by atoms with Crippen molar-refractivity contribution in [3.05, 3.63) is 29.3 Å². The lowest BCUT2D eigenvalue weighted by Gasteiger charge is -2.18. The highest BCUT2D eigenvalue weighted by Gasteiger charge is 2.25. The fraction of sp³-hybridized carbons (Fsp3) is 0.611. The Bertz CT molecular complexity index is 542. The van der Waals surface area contributed by atoms with Crippen LogP contribution in [0.2, 0.25) is 0 Å². The number of carbonyl (C=O) groups excluding carboxylic acids is 1. The van der Waals surface area contributed by atoms with Gasteiger partial charge in [-0.15, -0.1) is 0 Å². The van der Waals surface area contributed by atoms with E-state index < -0.39 is 0 Å². The molecular weight excluding hydrogens is 276 g/mol. The lowest BCUT2D eigenvalue weighted by Crippen LogP contribution is -2.32. The maximum absolute atomic E-state index is 12.4. The number of fused-ring (bicyclic) bond motifs is 1. The van der Waals surface area contributed by atoms with Crippen LogP contribution < -0.4 is 10.1 Å². The second-order valence-electron chi connectivity index (χ2n) is 6.91. The molecule has 0 aliphatic carbocycles. The molecule has 4 heteroatoms. The van der Waals surface area contributed by atoms with Gasteiger partial charge in [0.05, 0.1) is 12.2 Å². The second kappa shape index (κ2) is 6.69. The maximum atomic E-state index is 12.4. The van der Waals surface area contributed by atoms with Gasteiger partial charge >= 0.3 is 0 Å². The van der Waals surface area contributed by atoms with Gasteiger partial charge in [0.25, 0.3) is 5.91 Å². The number of rotatable bonds is 5. The van der Waals surface area contributed by atoms with E-state index in [1.165, 1.54) is 6.42 Å². The molecule has 1 fully saturated rings. The molecule has 1 atom stereocenters. The van der Waals surface area contributed by atoms with Crippen LogP contribution in [-0.2, 0) is 6.42 Å². The van der Waals surface area contributed by atoms with E-state index in [1.807, 2.05) is 18.2 Å². The van der Waals surface area contributed by atoms with Gasteiger partial charge in [0.1, 0.15) is 5.75 Å². The first-order chi connectivity index (χ1) is 10.6. The molecule has 1 aromatic rings. The van der Waals surface area contributed by atoms with Gasteiger partial charge in [0, 0.05) is 26.1 Å². The molecule has 1 amide bonds. The standard InChI is InChI=1S/C18H26N2O2/c1-13(2)11-20-8-6-14(12-20)10-19-18(21)16-5-3-4-15-7-9-22-17(15)16/h3-5,13-14H,6-12H2,1-2H3,(H,19,21). The van der Waals surface area contributed by atoms with Crippen molar-refractivity contribution in [2.45, 2.75) is 26.7 Å². The zero-order chi connectivity index (χ0) is 15.5. The first-order valence-corrected chi connectivity index (χ1v) is 8.38. The van der Waals surface area contributed by atoms with E-state index in [1.54, 1.807) is 0 Å². The molecule has 1 unspecified atom stereocenters. The van der Waals surface area contributed by atoms with Crippen LogP contribution in [0.25, 0.3) is 0 Å². The number of hydrogen-bond donors (Lipinski definition) is 1. The van der Waals surface area contributed by atoms with Gasteiger partial charge in [0.2, 0.25) is 0 Å². The van der Waals surface area contributed by atoms with Crippen molar-refractivity contribution < 1.29 is 9.53 Å². The molecular formula is C18H26N2O2. The summed E-state index contributed by atoms with van der Waals surface area (Å²) in [7, 11) is 0. The normalized spacial score (nSPS) is 21.0. The molecule has 3 rings (SSSR count). The summed E-state index contributed by atoms with van der Waals surface area (Å²) >= 11 is 0. The summed E-state index contributed by atoms with van der Waals surface area (Å²) in [5, 5.41) is 3.10. The van der Waals surface area contributed by atoms with Crippen LogP contribution in [0.1, 0.15) is 36.2 Å². The number of likely N-dealkylation sites (tertiary alicyclic amines) is 1. The van der Waals surface area contributed by atoms with Crippen LogP contribution in [0.5, 0.6) is 5.75 Å². The van der Waals surface area contributed by atoms with E-state index in [0.717, 1.165) is 43.9 Å². The fourth-order valence-corrected chi connectivity index (χ4v) is 3.49. The summed E-state index contributed by atoms with van der Waals surface area (Å²) in [6.45, 7) is 9.37. The number of carbonyl (C=O) groups is 1. The van der Waals surface area contributed by atoms with Gasteiger partial charge in [-0.05, 0) is 36.4 Å². The Morgan fingerprint density at radius 3 is 3.14 bits per heavy atom. The molecule has 0 spiro atoms. The minimum atomic E-state index is 0.000981. The minimum absolute atomic E-state index is 0.000981. The smallest absolute Gasteiger partial charge is 0.255 e. The third kappa shape index (κ3) is 3.43. The van der Waals surface area contributed by atoms with Crippen molar-refractivity contribution >= 4 is 5.91 Å². The average molecular weight is 302 g/mol. The Morgan fingerprint density at radius 2 is 2.32 bits per heavy atom. The molecule has 1 saturated heterocycles. The molecule has 2 heterocycles. The number of hydrogen-bond acceptors (Lipinski definition) is 3. The predicted molar refractivity (Wildman–Crippen MR) is 87.4 cm³/mol. The molecule has 120 valence electrons. The molecule has 2 aliphatic heterocycles. The van der Waals surface area contributed by atoms with Crippen molar-refractivity contribution in [1.29, 1.82) is 0 Å². The highest BCUT2D eigenvalue weighted by Crippen LogP contribution is 2.29. The summed E-state index contributed by atoms with van der Waals surface area (Å²) in [5.74, 6) is 2.06. The second-order valence-corrected chi connectivity index (χ2v) is 6.91. The number of nitrogens with zero attached hydrogens (tertiary/aromatic N) is 1. The van der Waals surface area contributed by atoms with E-state index in [9.17, 15) is 4.79 Å². The van der Waals surface area contributed by atoms with Gasteiger partial charge in [0.15, 0.2) is 0 Å². The molecule has 0 bridgehead atoms. The SMILES string of the molecule is CC(C)CN1CCC(CNC(=O)c2cccc3c2OCC3)C1. The van der Waals surface area contributed by atoms with Crippen LogP contribution in [0.15, 0.2) is 18.2 Å². The molecule has 0 saturated carbocycles. The zero-order valence-electron chi connectivity index (χ0n) is 13.6. The van der Waals surface area contributed by atoms with E-state index in [-0.39, 0.29) is 5.91 Å². The van der Waals surface area contributed by atoms with E-state index >= 15 is 0 Å². The lowest BCUT2D eigenvalue weighted by atomic mass is 10.1. The fourth-order valence-electron chi connectivity index (χ4n) is 3.49. The maximum Gasteiger partial charge on any atom is 0.255 e. The van der Waals surface area contributed by atoms with Crippen LogP contribution in [0, 0.1) is 11.8 Å². The van der Waals surface area contributed by atoms with Gasteiger partial charge in [-0.3, -0.25) is 4.79 Å². The zero-order valence-corrected chi connectivity index (χ0v) is 13.6. The summed E-state index contributed by atoms with van der Waals surface area (Å²) in [6.07, 6.45) is 2.08. The van der Waals surface area contributed by atoms with Crippen LogP contribution in [-0.4, -0.2) is 43.6 Å². The molecule has 22 heavy (non-hydrogen) atoms. The Kier molecular flexibility index (Phi) is 4.67. The largest absolute Gasteiger partial charge is 0.492 e. The van der Waals surface area contributed by atoms with Gasteiger partial charge in [-0.2, -0.15) is 0 Å². The summed E-state index contributed by atoms with van der Waals surface area (Å²) in [4.78, 5) is 14.9. The number of nitrogens with one attached hydrogen (secondary N) is 1. The van der Waals surface area contributed by atoms with Crippen LogP contribution in [0.3, 0.4) is 0 Å². The van der Waals surface area contributed by atoms with Crippen molar-refractivity contribution in [1.82, 2.24) is 10.2 Å². The van der Waals surface area contributed by atoms with Crippen molar-refractivity contribution in [2.24, 2.45) is 11.8 Å². The topological polar surface area (TPSA) is 41.6 Å². The quantitative estimate of drug-likeness (QED) is 0.907. The highest BCUT2D eigenvalue weighted by atomic mass is 16.5. The Hall–Kier alpha value is -1.55. The first kappa shape index (κ1) is 15.3. The third-order valence-corrected chi connectivity index (χ3v) is 4.50. The molecule has 4 nitrogen and oxygen atoms in total. The first-order valence-electron chi connectivity index (χ1n) is 8.38. The molecule has 0 aromatic heterocycles. The molecule has 1 N–H and O–H groups in total. The van der Waals surface area contributed by atoms with Crippen molar-refractivity contribution in [3.8, 4) is 5.75 Å². The Morgan fingerprint density at radius 1 is 1.45 bits per heavy atom. The summed E-state index contributed by atoms with van der Waals surface area (Å²) in [6, 6.07) is 5.85. The highest BCUT2D eigenvalue weighted by molar-refractivity contribution is 5.97. The van der Waals surface area contributed by atoms with Crippen molar-refractivity contribution in [2.75, 3.05) is 32.8 Å². The number of ether oxygens (including phenoxy) is 1. The number of benzene rings is 1. The molecule has 2 aliphatic rings. The monoisotopic (exact) mass is 302 g/mol. The predicted octanol–water partition coefficient (Wildman–Crippen LogP) is 2.33. The van der Waals surface area contributed by atoms with E-state index in [2.05, 4.69) is 24.1 Å². The van der Waals surface area contributed by atoms with Crippen LogP contribution >= 0.6 is 0 Å². The van der Waals surface area contributed by atoms with E-state index in [0.29, 0.717) is 24.0 Å². The lowest BCUT2D eigenvalue weighted by molar-refractivity contribution is 0.0944. The number of amides is 1. The van der Waals surface area contributed by atoms with Gasteiger partial charge < -0.3 is 15.0 Å². The van der Waals surface area contributed by atoms with Crippen LogP contribution in [0.4, 0.5) is 0 Å². The molecule has 0 radical (unpaired) electrons. The Balaban J connectivity index is 1.52. The third-order valence-electron chi connectivity index (χ3n) is 4.50. The summed E-state index contributed by atoms with van der Waals surface area (Å²) in [5.41, 5.74) is 1.84. The molecule has 1 aromatic carbocycles. The van der Waals surface area contributed by atoms with E-state index in [4.69, 9.17) is 4.74 Å². The van der Waals surface area contributed by atoms with Gasteiger partial charge in [-0.25, -0.2) is 0 Å². The Labute approximate surface area is 132 Å². The van der Waals surface area contributed by atoms with Crippen molar-refractivity contribution in [3.63, 3.8) is 0 Å². The average Bonchev–Trinajstić information content (AvgIpc) is 3.12. The number of para-hydroxylation sites is 1. The minimum Gasteiger partial charge on any atom is -0.492 e. The van der Waals surface area contributed by atoms with Gasteiger partial charge in [-0.1, -0.05) is 26.0 Å². The summed E-state index contributed by atoms with van der Waals surface area (Å²) < 4.78 is 5.61.